The van der Waals surface area contributed by atoms with Crippen molar-refractivity contribution in [1.29, 1.82) is 0 Å². The minimum absolute atomic E-state index is 0.0215. The van der Waals surface area contributed by atoms with E-state index in [1.54, 1.807) is 30.0 Å². The first-order chi connectivity index (χ1) is 9.27. The lowest BCUT2D eigenvalue weighted by molar-refractivity contribution is -0.717. The van der Waals surface area contributed by atoms with Gasteiger partial charge in [0.15, 0.2) is 12.4 Å². The molecule has 1 aromatic heterocycles. The van der Waals surface area contributed by atoms with E-state index >= 15 is 0 Å². The van der Waals surface area contributed by atoms with Crippen LogP contribution in [0, 0.1) is 5.92 Å². The van der Waals surface area contributed by atoms with Crippen molar-refractivity contribution >= 4 is 5.97 Å². The Bertz CT molecular complexity index is 527. The minimum atomic E-state index is -1.11. The third-order valence-corrected chi connectivity index (χ3v) is 4.30. The molecule has 0 radical (unpaired) electrons. The van der Waals surface area contributed by atoms with Crippen LogP contribution >= 0.6 is 0 Å². The van der Waals surface area contributed by atoms with Gasteiger partial charge < -0.3 is 15.3 Å². The zero-order valence-electron chi connectivity index (χ0n) is 12.1. The highest BCUT2D eigenvalue weighted by atomic mass is 16.4. The van der Waals surface area contributed by atoms with Crippen molar-refractivity contribution in [2.75, 3.05) is 0 Å². The quantitative estimate of drug-likeness (QED) is 0.726. The summed E-state index contributed by atoms with van der Waals surface area (Å²) in [6, 6.07) is 1.04. The predicted molar refractivity (Wildman–Crippen MR) is 71.9 cm³/mol. The van der Waals surface area contributed by atoms with E-state index in [0.717, 1.165) is 6.42 Å². The zero-order valence-corrected chi connectivity index (χ0v) is 12.1. The summed E-state index contributed by atoms with van der Waals surface area (Å²) in [5, 5.41) is 29.7. The maximum atomic E-state index is 11.5. The van der Waals surface area contributed by atoms with Crippen LogP contribution in [-0.4, -0.2) is 21.3 Å². The highest BCUT2D eigenvalue weighted by molar-refractivity contribution is 5.70. The first-order valence-corrected chi connectivity index (χ1v) is 6.96. The van der Waals surface area contributed by atoms with E-state index in [2.05, 4.69) is 0 Å². The number of carboxylic acids is 1. The summed E-state index contributed by atoms with van der Waals surface area (Å²) in [6.07, 6.45) is 3.64. The number of hydrogen-bond acceptors (Lipinski definition) is 3. The van der Waals surface area contributed by atoms with Crippen molar-refractivity contribution in [2.45, 2.75) is 51.4 Å². The first-order valence-electron chi connectivity index (χ1n) is 6.96. The standard InChI is InChI=1S/C15H21NO4/c1-4-9(2)13(14(18)19)16-6-5-10-11(8-16)15(3,20)7-12(10)17/h5-6,8-9,12-13,17,20H,4,7H2,1-3H3/p+1/t9-,12+,13+,15-/m0/s1. The van der Waals surface area contributed by atoms with Gasteiger partial charge in [0.05, 0.1) is 17.3 Å². The molecule has 3 N–H and O–H groups in total. The molecule has 1 aromatic rings. The van der Waals surface area contributed by atoms with Gasteiger partial charge in [-0.05, 0) is 18.9 Å². The van der Waals surface area contributed by atoms with Gasteiger partial charge in [0.25, 0.3) is 6.04 Å². The van der Waals surface area contributed by atoms with Crippen molar-refractivity contribution in [2.24, 2.45) is 5.92 Å². The molecule has 0 aromatic carbocycles. The monoisotopic (exact) mass is 280 g/mol. The molecule has 5 nitrogen and oxygen atoms in total. The molecule has 0 spiro atoms. The second-order valence-electron chi connectivity index (χ2n) is 5.92. The molecule has 2 rings (SSSR count). The Labute approximate surface area is 118 Å². The molecule has 110 valence electrons. The lowest BCUT2D eigenvalue weighted by Gasteiger charge is -2.18. The van der Waals surface area contributed by atoms with Gasteiger partial charge in [-0.3, -0.25) is 0 Å². The zero-order chi connectivity index (χ0) is 15.1. The van der Waals surface area contributed by atoms with Crippen LogP contribution in [0.25, 0.3) is 0 Å². The number of nitrogens with zero attached hydrogens (tertiary/aromatic N) is 1. The summed E-state index contributed by atoms with van der Waals surface area (Å²) in [6.45, 7) is 5.49. The number of rotatable bonds is 4. The van der Waals surface area contributed by atoms with Gasteiger partial charge >= 0.3 is 5.97 Å². The van der Waals surface area contributed by atoms with Crippen LogP contribution < -0.4 is 4.57 Å². The van der Waals surface area contributed by atoms with Crippen molar-refractivity contribution < 1.29 is 24.7 Å². The lowest BCUT2D eigenvalue weighted by Crippen LogP contribution is -2.47. The number of aliphatic hydroxyl groups is 2. The highest BCUT2D eigenvalue weighted by Gasteiger charge is 2.42. The van der Waals surface area contributed by atoms with E-state index in [9.17, 15) is 20.1 Å². The fourth-order valence-electron chi connectivity index (χ4n) is 2.92. The summed E-state index contributed by atoms with van der Waals surface area (Å²) >= 11 is 0. The second-order valence-corrected chi connectivity index (χ2v) is 5.92. The average Bonchev–Trinajstić information content (AvgIpc) is 2.59. The number of aromatic nitrogens is 1. The van der Waals surface area contributed by atoms with Gasteiger partial charge in [0.2, 0.25) is 0 Å². The number of hydrogen-bond donors (Lipinski definition) is 3. The average molecular weight is 280 g/mol. The molecule has 5 heteroatoms. The van der Waals surface area contributed by atoms with E-state index in [1.165, 1.54) is 0 Å². The van der Waals surface area contributed by atoms with Crippen molar-refractivity contribution in [3.05, 3.63) is 29.6 Å². The molecule has 0 saturated heterocycles. The molecule has 20 heavy (non-hydrogen) atoms. The Morgan fingerprint density at radius 1 is 1.60 bits per heavy atom. The highest BCUT2D eigenvalue weighted by Crippen LogP contribution is 2.42. The summed E-state index contributed by atoms with van der Waals surface area (Å²) in [5.41, 5.74) is 0.178. The molecule has 0 bridgehead atoms. The van der Waals surface area contributed by atoms with Crippen LogP contribution in [0.2, 0.25) is 0 Å². The Balaban J connectivity index is 2.47. The minimum Gasteiger partial charge on any atom is -0.476 e. The van der Waals surface area contributed by atoms with Crippen molar-refractivity contribution in [3.63, 3.8) is 0 Å². The predicted octanol–water partition coefficient (Wildman–Crippen LogP) is 1.29. The topological polar surface area (TPSA) is 81.6 Å². The fourth-order valence-corrected chi connectivity index (χ4v) is 2.92. The summed E-state index contributed by atoms with van der Waals surface area (Å²) in [4.78, 5) is 11.5. The lowest BCUT2D eigenvalue weighted by atomic mass is 9.97. The molecule has 4 atom stereocenters. The number of carbonyl (C=O) groups is 1. The van der Waals surface area contributed by atoms with E-state index in [-0.39, 0.29) is 12.3 Å². The summed E-state index contributed by atoms with van der Waals surface area (Å²) in [5.74, 6) is -0.908. The van der Waals surface area contributed by atoms with Gasteiger partial charge in [-0.25, -0.2) is 4.79 Å². The maximum absolute atomic E-state index is 11.5. The molecule has 0 fully saturated rings. The van der Waals surface area contributed by atoms with E-state index in [0.29, 0.717) is 11.1 Å². The van der Waals surface area contributed by atoms with E-state index in [4.69, 9.17) is 0 Å². The third kappa shape index (κ3) is 2.43. The van der Waals surface area contributed by atoms with Crippen molar-refractivity contribution in [3.8, 4) is 0 Å². The Morgan fingerprint density at radius 3 is 2.80 bits per heavy atom. The first kappa shape index (κ1) is 14.9. The number of fused-ring (bicyclic) bond motifs is 1. The van der Waals surface area contributed by atoms with Crippen molar-refractivity contribution in [1.82, 2.24) is 0 Å². The van der Waals surface area contributed by atoms with Gasteiger partial charge in [-0.2, -0.15) is 4.57 Å². The molecular weight excluding hydrogens is 258 g/mol. The van der Waals surface area contributed by atoms with Gasteiger partial charge in [0, 0.05) is 18.4 Å². The third-order valence-electron chi connectivity index (χ3n) is 4.30. The van der Waals surface area contributed by atoms with Crippen LogP contribution in [0.15, 0.2) is 18.5 Å². The fraction of sp³-hybridized carbons (Fsp3) is 0.600. The molecule has 1 aliphatic rings. The van der Waals surface area contributed by atoms with Gasteiger partial charge in [0.1, 0.15) is 0 Å². The van der Waals surface area contributed by atoms with Crippen LogP contribution in [0.5, 0.6) is 0 Å². The van der Waals surface area contributed by atoms with Crippen LogP contribution in [0.1, 0.15) is 56.9 Å². The summed E-state index contributed by atoms with van der Waals surface area (Å²) in [7, 11) is 0. The Kier molecular flexibility index (Phi) is 3.84. The molecule has 1 heterocycles. The Morgan fingerprint density at radius 2 is 2.25 bits per heavy atom. The number of pyridine rings is 1. The SMILES string of the molecule is CC[C@H](C)[C@H](C(=O)O)[n+]1ccc2c(c1)[C@@](C)(O)C[C@H]2O. The molecule has 0 saturated carbocycles. The smallest absolute Gasteiger partial charge is 0.373 e. The Hall–Kier alpha value is -1.46. The van der Waals surface area contributed by atoms with Crippen LogP contribution in [0.3, 0.4) is 0 Å². The largest absolute Gasteiger partial charge is 0.476 e. The van der Waals surface area contributed by atoms with Gasteiger partial charge in [-0.15, -0.1) is 0 Å². The molecular formula is C15H22NO4+. The van der Waals surface area contributed by atoms with Crippen LogP contribution in [-0.2, 0) is 10.4 Å². The molecule has 0 amide bonds. The van der Waals surface area contributed by atoms with E-state index in [1.807, 2.05) is 13.8 Å². The number of aliphatic carboxylic acids is 1. The number of aliphatic hydroxyl groups excluding tert-OH is 1. The number of carboxylic acid groups (broad SMARTS) is 1. The summed E-state index contributed by atoms with van der Waals surface area (Å²) < 4.78 is 1.63. The maximum Gasteiger partial charge on any atom is 0.373 e. The normalized spacial score (nSPS) is 27.9. The van der Waals surface area contributed by atoms with E-state index < -0.39 is 23.7 Å². The molecule has 0 unspecified atom stereocenters. The second kappa shape index (κ2) is 5.14. The molecule has 0 aliphatic heterocycles. The molecule has 1 aliphatic carbocycles. The van der Waals surface area contributed by atoms with Crippen LogP contribution in [0.4, 0.5) is 0 Å². The van der Waals surface area contributed by atoms with Gasteiger partial charge in [-0.1, -0.05) is 13.8 Å².